The Balaban J connectivity index is 1.76. The van der Waals surface area contributed by atoms with Gasteiger partial charge in [-0.2, -0.15) is 13.2 Å². The third-order valence-electron chi connectivity index (χ3n) is 4.19. The van der Waals surface area contributed by atoms with Gasteiger partial charge in [-0.05, 0) is 30.4 Å². The Bertz CT molecular complexity index is 700. The second-order valence-corrected chi connectivity index (χ2v) is 6.92. The van der Waals surface area contributed by atoms with Crippen molar-refractivity contribution >= 4 is 17.2 Å². The largest absolute Gasteiger partial charge is 0.406 e. The summed E-state index contributed by atoms with van der Waals surface area (Å²) in [6, 6.07) is 7.80. The number of thiazole rings is 1. The van der Waals surface area contributed by atoms with Gasteiger partial charge in [0, 0.05) is 17.5 Å². The Morgan fingerprint density at radius 2 is 2.04 bits per heavy atom. The number of hydrogen-bond donors (Lipinski definition) is 0. The van der Waals surface area contributed by atoms with Crippen LogP contribution in [-0.4, -0.2) is 28.5 Å². The first-order chi connectivity index (χ1) is 11.4. The van der Waals surface area contributed by atoms with E-state index in [0.717, 1.165) is 16.9 Å². The molecule has 0 saturated carbocycles. The van der Waals surface area contributed by atoms with Gasteiger partial charge >= 0.3 is 6.18 Å². The molecule has 128 valence electrons. The second-order valence-electron chi connectivity index (χ2n) is 5.94. The summed E-state index contributed by atoms with van der Waals surface area (Å²) in [5.74, 6) is -0.834. The lowest BCUT2D eigenvalue weighted by Crippen LogP contribution is -2.43. The van der Waals surface area contributed by atoms with E-state index in [0.29, 0.717) is 17.8 Å². The van der Waals surface area contributed by atoms with Gasteiger partial charge in [0.1, 0.15) is 11.6 Å². The van der Waals surface area contributed by atoms with Crippen molar-refractivity contribution in [3.8, 4) is 0 Å². The number of hydrogen-bond acceptors (Lipinski definition) is 3. The molecule has 0 bridgehead atoms. The van der Waals surface area contributed by atoms with Gasteiger partial charge in [-0.25, -0.2) is 4.98 Å². The standard InChI is InChI=1S/C17H17F3N2OS/c18-17(19,20)11-22(10-15-21-7-8-24-15)16(23)14-6-5-12-3-1-2-4-13(12)9-14/h1-4,7-8,14H,5-6,9-11H2/t14-/m0/s1. The number of halogens is 3. The molecule has 0 radical (unpaired) electrons. The fourth-order valence-corrected chi connectivity index (χ4v) is 3.72. The monoisotopic (exact) mass is 354 g/mol. The highest BCUT2D eigenvalue weighted by molar-refractivity contribution is 7.09. The molecule has 0 saturated heterocycles. The van der Waals surface area contributed by atoms with Crippen LogP contribution in [0.3, 0.4) is 0 Å². The zero-order valence-corrected chi connectivity index (χ0v) is 13.7. The lowest BCUT2D eigenvalue weighted by atomic mass is 9.83. The minimum absolute atomic E-state index is 0.0891. The van der Waals surface area contributed by atoms with Crippen LogP contribution >= 0.6 is 11.3 Å². The molecular formula is C17H17F3N2OS. The van der Waals surface area contributed by atoms with Crippen LogP contribution < -0.4 is 0 Å². The van der Waals surface area contributed by atoms with Crippen molar-refractivity contribution in [2.75, 3.05) is 6.54 Å². The summed E-state index contributed by atoms with van der Waals surface area (Å²) in [5, 5.41) is 2.21. The number of rotatable bonds is 4. The van der Waals surface area contributed by atoms with Crippen molar-refractivity contribution < 1.29 is 18.0 Å². The highest BCUT2D eigenvalue weighted by atomic mass is 32.1. The summed E-state index contributed by atoms with van der Waals surface area (Å²) in [7, 11) is 0. The third kappa shape index (κ3) is 4.14. The number of alkyl halides is 3. The topological polar surface area (TPSA) is 33.2 Å². The Kier molecular flexibility index (Phi) is 4.89. The second kappa shape index (κ2) is 6.93. The zero-order valence-electron chi connectivity index (χ0n) is 12.9. The van der Waals surface area contributed by atoms with Crippen LogP contribution in [0.25, 0.3) is 0 Å². The summed E-state index contributed by atoms with van der Waals surface area (Å²) in [6.45, 7) is -1.32. The van der Waals surface area contributed by atoms with Gasteiger partial charge < -0.3 is 4.90 Å². The maximum atomic E-state index is 12.9. The number of carbonyl (C=O) groups excluding carboxylic acids is 1. The Labute approximate surface area is 142 Å². The fourth-order valence-electron chi connectivity index (χ4n) is 3.09. The molecule has 7 heteroatoms. The number of aryl methyl sites for hydroxylation is 1. The van der Waals surface area contributed by atoms with Gasteiger partial charge in [0.25, 0.3) is 0 Å². The van der Waals surface area contributed by atoms with Crippen molar-refractivity contribution in [1.29, 1.82) is 0 Å². The van der Waals surface area contributed by atoms with Crippen LogP contribution in [0.2, 0.25) is 0 Å². The van der Waals surface area contributed by atoms with Crippen LogP contribution in [0.4, 0.5) is 13.2 Å². The maximum Gasteiger partial charge on any atom is 0.406 e. The molecule has 0 aliphatic heterocycles. The number of aromatic nitrogens is 1. The molecule has 1 heterocycles. The maximum absolute atomic E-state index is 12.9. The quantitative estimate of drug-likeness (QED) is 0.836. The highest BCUT2D eigenvalue weighted by Crippen LogP contribution is 2.28. The Morgan fingerprint density at radius 1 is 1.29 bits per heavy atom. The predicted molar refractivity (Wildman–Crippen MR) is 85.5 cm³/mol. The van der Waals surface area contributed by atoms with Crippen LogP contribution in [0.15, 0.2) is 35.8 Å². The van der Waals surface area contributed by atoms with E-state index >= 15 is 0 Å². The van der Waals surface area contributed by atoms with Gasteiger partial charge in [-0.3, -0.25) is 4.79 Å². The van der Waals surface area contributed by atoms with E-state index in [9.17, 15) is 18.0 Å². The van der Waals surface area contributed by atoms with Crippen molar-refractivity contribution in [3.63, 3.8) is 0 Å². The molecule has 1 aliphatic rings. The summed E-state index contributed by atoms with van der Waals surface area (Å²) in [4.78, 5) is 17.6. The third-order valence-corrected chi connectivity index (χ3v) is 4.95. The number of carbonyl (C=O) groups is 1. The van der Waals surface area contributed by atoms with Gasteiger partial charge in [0.2, 0.25) is 5.91 Å². The normalized spacial score (nSPS) is 17.4. The van der Waals surface area contributed by atoms with Crippen LogP contribution in [-0.2, 0) is 24.2 Å². The summed E-state index contributed by atoms with van der Waals surface area (Å²) < 4.78 is 38.7. The molecule has 0 spiro atoms. The molecule has 2 aromatic rings. The summed E-state index contributed by atoms with van der Waals surface area (Å²) in [6.07, 6.45) is -1.07. The zero-order chi connectivity index (χ0) is 17.2. The summed E-state index contributed by atoms with van der Waals surface area (Å²) in [5.41, 5.74) is 2.24. The molecule has 3 nitrogen and oxygen atoms in total. The van der Waals surface area contributed by atoms with Gasteiger partial charge in [0.15, 0.2) is 0 Å². The van der Waals surface area contributed by atoms with Crippen molar-refractivity contribution in [1.82, 2.24) is 9.88 Å². The molecular weight excluding hydrogens is 337 g/mol. The smallest absolute Gasteiger partial charge is 0.327 e. The van der Waals surface area contributed by atoms with Crippen LogP contribution in [0.1, 0.15) is 22.6 Å². The van der Waals surface area contributed by atoms with E-state index in [-0.39, 0.29) is 6.54 Å². The SMILES string of the molecule is O=C([C@H]1CCc2ccccc2C1)N(Cc1nccs1)CC(F)(F)F. The van der Waals surface area contributed by atoms with Gasteiger partial charge in [-0.1, -0.05) is 24.3 Å². The molecule has 3 rings (SSSR count). The first-order valence-electron chi connectivity index (χ1n) is 7.73. The van der Waals surface area contributed by atoms with Crippen molar-refractivity contribution in [3.05, 3.63) is 52.0 Å². The average Bonchev–Trinajstić information content (AvgIpc) is 3.05. The number of nitrogens with zero attached hydrogens (tertiary/aromatic N) is 2. The molecule has 1 atom stereocenters. The van der Waals surface area contributed by atoms with Gasteiger partial charge in [0.05, 0.1) is 6.54 Å². The number of benzene rings is 1. The molecule has 1 aromatic carbocycles. The Morgan fingerprint density at radius 3 is 2.71 bits per heavy atom. The first-order valence-corrected chi connectivity index (χ1v) is 8.61. The lowest BCUT2D eigenvalue weighted by Gasteiger charge is -2.30. The molecule has 1 amide bonds. The highest BCUT2D eigenvalue weighted by Gasteiger charge is 2.36. The van der Waals surface area contributed by atoms with E-state index in [1.807, 2.05) is 24.3 Å². The van der Waals surface area contributed by atoms with E-state index in [1.165, 1.54) is 23.1 Å². The van der Waals surface area contributed by atoms with E-state index in [1.54, 1.807) is 5.38 Å². The molecule has 24 heavy (non-hydrogen) atoms. The molecule has 0 unspecified atom stereocenters. The minimum Gasteiger partial charge on any atom is -0.327 e. The van der Waals surface area contributed by atoms with E-state index < -0.39 is 24.5 Å². The van der Waals surface area contributed by atoms with Crippen molar-refractivity contribution in [2.45, 2.75) is 32.0 Å². The predicted octanol–water partition coefficient (Wildman–Crippen LogP) is 3.84. The van der Waals surface area contributed by atoms with Gasteiger partial charge in [-0.15, -0.1) is 11.3 Å². The fraction of sp³-hybridized carbons (Fsp3) is 0.412. The van der Waals surface area contributed by atoms with E-state index in [2.05, 4.69) is 4.98 Å². The number of fused-ring (bicyclic) bond motifs is 1. The lowest BCUT2D eigenvalue weighted by molar-refractivity contribution is -0.165. The van der Waals surface area contributed by atoms with E-state index in [4.69, 9.17) is 0 Å². The number of amides is 1. The average molecular weight is 354 g/mol. The first kappa shape index (κ1) is 17.0. The summed E-state index contributed by atoms with van der Waals surface area (Å²) >= 11 is 1.26. The molecule has 1 aromatic heterocycles. The molecule has 1 aliphatic carbocycles. The molecule has 0 fully saturated rings. The van der Waals surface area contributed by atoms with Crippen molar-refractivity contribution in [2.24, 2.45) is 5.92 Å². The minimum atomic E-state index is -4.42. The Hall–Kier alpha value is -1.89. The van der Waals surface area contributed by atoms with Crippen LogP contribution in [0.5, 0.6) is 0 Å². The van der Waals surface area contributed by atoms with Crippen LogP contribution in [0, 0.1) is 5.92 Å². The molecule has 0 N–H and O–H groups in total.